The van der Waals surface area contributed by atoms with Crippen LogP contribution in [-0.2, 0) is 4.79 Å². The molecule has 0 heterocycles. The Kier molecular flexibility index (Phi) is 6.97. The van der Waals surface area contributed by atoms with Gasteiger partial charge in [0.15, 0.2) is 0 Å². The maximum atomic E-state index is 10.4. The fourth-order valence-corrected chi connectivity index (χ4v) is 1.91. The molecule has 0 aliphatic heterocycles. The maximum absolute atomic E-state index is 10.4. The summed E-state index contributed by atoms with van der Waals surface area (Å²) in [5, 5.41) is 12.0. The third-order valence-corrected chi connectivity index (χ3v) is 3.13. The van der Waals surface area contributed by atoms with Crippen LogP contribution < -0.4 is 10.1 Å². The number of rotatable bonds is 9. The molecule has 1 aromatic rings. The highest BCUT2D eigenvalue weighted by molar-refractivity contribution is 5.66. The van der Waals surface area contributed by atoms with Gasteiger partial charge in [-0.15, -0.1) is 0 Å². The Morgan fingerprint density at radius 3 is 2.53 bits per heavy atom. The van der Waals surface area contributed by atoms with Crippen LogP contribution >= 0.6 is 0 Å². The minimum Gasteiger partial charge on any atom is -0.497 e. The zero-order chi connectivity index (χ0) is 14.1. The number of benzene rings is 1. The predicted octanol–water partition coefficient (Wildman–Crippen LogP) is 2.99. The normalized spacial score (nSPS) is 12.1. The molecule has 2 N–H and O–H groups in total. The van der Waals surface area contributed by atoms with Gasteiger partial charge in [-0.1, -0.05) is 18.6 Å². The standard InChI is InChI=1S/C15H23NO3/c1-12(13-7-9-14(19-2)10-8-13)16-11-5-3-4-6-15(17)18/h7-10,12,16H,3-6,11H2,1-2H3,(H,17,18)/t12-/m0/s1. The fourth-order valence-electron chi connectivity index (χ4n) is 1.91. The molecule has 0 bridgehead atoms. The van der Waals surface area contributed by atoms with Gasteiger partial charge in [-0.2, -0.15) is 0 Å². The fraction of sp³-hybridized carbons (Fsp3) is 0.533. The molecule has 0 aliphatic rings. The average molecular weight is 265 g/mol. The summed E-state index contributed by atoms with van der Waals surface area (Å²) in [4.78, 5) is 10.4. The first kappa shape index (κ1) is 15.5. The lowest BCUT2D eigenvalue weighted by atomic mass is 10.1. The number of aliphatic carboxylic acids is 1. The molecule has 0 radical (unpaired) electrons. The van der Waals surface area contributed by atoms with Gasteiger partial charge >= 0.3 is 5.97 Å². The quantitative estimate of drug-likeness (QED) is 0.674. The molecule has 19 heavy (non-hydrogen) atoms. The van der Waals surface area contributed by atoms with E-state index in [1.165, 1.54) is 5.56 Å². The number of carbonyl (C=O) groups is 1. The molecular weight excluding hydrogens is 242 g/mol. The number of nitrogens with one attached hydrogen (secondary N) is 1. The SMILES string of the molecule is COc1ccc([C@H](C)NCCCCCC(=O)O)cc1. The molecule has 0 saturated heterocycles. The first-order valence-corrected chi connectivity index (χ1v) is 6.72. The molecule has 1 atom stereocenters. The van der Waals surface area contributed by atoms with E-state index in [0.29, 0.717) is 6.04 Å². The highest BCUT2D eigenvalue weighted by atomic mass is 16.5. The highest BCUT2D eigenvalue weighted by Crippen LogP contribution is 2.17. The van der Waals surface area contributed by atoms with E-state index in [9.17, 15) is 4.79 Å². The van der Waals surface area contributed by atoms with Gasteiger partial charge in [0.1, 0.15) is 5.75 Å². The minimum atomic E-state index is -0.709. The molecule has 0 aliphatic carbocycles. The van der Waals surface area contributed by atoms with Crippen molar-refractivity contribution < 1.29 is 14.6 Å². The Bertz CT molecular complexity index is 375. The van der Waals surface area contributed by atoms with Crippen molar-refractivity contribution in [2.45, 2.75) is 38.6 Å². The third-order valence-electron chi connectivity index (χ3n) is 3.13. The third kappa shape index (κ3) is 6.25. The van der Waals surface area contributed by atoms with Crippen molar-refractivity contribution in [2.24, 2.45) is 0 Å². The lowest BCUT2D eigenvalue weighted by Gasteiger charge is -2.14. The summed E-state index contributed by atoms with van der Waals surface area (Å²) in [6, 6.07) is 8.33. The molecule has 0 spiro atoms. The maximum Gasteiger partial charge on any atom is 0.303 e. The van der Waals surface area contributed by atoms with Crippen molar-refractivity contribution in [1.29, 1.82) is 0 Å². The summed E-state index contributed by atoms with van der Waals surface area (Å²) in [5.74, 6) is 0.157. The van der Waals surface area contributed by atoms with Gasteiger partial charge in [-0.25, -0.2) is 0 Å². The first-order chi connectivity index (χ1) is 9.13. The second-order valence-electron chi connectivity index (χ2n) is 4.65. The number of hydrogen-bond donors (Lipinski definition) is 2. The Balaban J connectivity index is 2.19. The van der Waals surface area contributed by atoms with Crippen LogP contribution in [0.2, 0.25) is 0 Å². The van der Waals surface area contributed by atoms with Gasteiger partial charge in [0.25, 0.3) is 0 Å². The Morgan fingerprint density at radius 2 is 1.95 bits per heavy atom. The molecule has 0 unspecified atom stereocenters. The van der Waals surface area contributed by atoms with Crippen LogP contribution in [0.15, 0.2) is 24.3 Å². The van der Waals surface area contributed by atoms with Crippen molar-refractivity contribution in [2.75, 3.05) is 13.7 Å². The summed E-state index contributed by atoms with van der Waals surface area (Å²) in [7, 11) is 1.66. The summed E-state index contributed by atoms with van der Waals surface area (Å²) in [6.45, 7) is 3.03. The van der Waals surface area contributed by atoms with Crippen molar-refractivity contribution >= 4 is 5.97 Å². The van der Waals surface area contributed by atoms with Crippen LogP contribution in [0.4, 0.5) is 0 Å². The lowest BCUT2D eigenvalue weighted by molar-refractivity contribution is -0.137. The average Bonchev–Trinajstić information content (AvgIpc) is 2.42. The topological polar surface area (TPSA) is 58.6 Å². The largest absolute Gasteiger partial charge is 0.497 e. The van der Waals surface area contributed by atoms with Gasteiger partial charge in [-0.05, 0) is 44.0 Å². The number of carboxylic acids is 1. The first-order valence-electron chi connectivity index (χ1n) is 6.72. The molecule has 106 valence electrons. The van der Waals surface area contributed by atoms with E-state index in [1.807, 2.05) is 12.1 Å². The molecule has 1 rings (SSSR count). The van der Waals surface area contributed by atoms with Crippen LogP contribution in [0.5, 0.6) is 5.75 Å². The van der Waals surface area contributed by atoms with Crippen molar-refractivity contribution in [3.8, 4) is 5.75 Å². The Morgan fingerprint density at radius 1 is 1.26 bits per heavy atom. The number of methoxy groups -OCH3 is 1. The van der Waals surface area contributed by atoms with Gasteiger partial charge in [-0.3, -0.25) is 4.79 Å². The van der Waals surface area contributed by atoms with Crippen LogP contribution in [0, 0.1) is 0 Å². The molecular formula is C15H23NO3. The Labute approximate surface area is 114 Å². The van der Waals surface area contributed by atoms with Crippen LogP contribution in [0.3, 0.4) is 0 Å². The molecule has 0 fully saturated rings. The van der Waals surface area contributed by atoms with E-state index in [1.54, 1.807) is 7.11 Å². The predicted molar refractivity (Wildman–Crippen MR) is 75.5 cm³/mol. The van der Waals surface area contributed by atoms with Crippen LogP contribution in [0.25, 0.3) is 0 Å². The van der Waals surface area contributed by atoms with E-state index < -0.39 is 5.97 Å². The number of carboxylic acid groups (broad SMARTS) is 1. The monoisotopic (exact) mass is 265 g/mol. The number of unbranched alkanes of at least 4 members (excludes halogenated alkanes) is 2. The lowest BCUT2D eigenvalue weighted by Crippen LogP contribution is -2.19. The van der Waals surface area contributed by atoms with E-state index in [-0.39, 0.29) is 6.42 Å². The zero-order valence-electron chi connectivity index (χ0n) is 11.7. The van der Waals surface area contributed by atoms with Crippen LogP contribution in [-0.4, -0.2) is 24.7 Å². The smallest absolute Gasteiger partial charge is 0.303 e. The highest BCUT2D eigenvalue weighted by Gasteiger charge is 2.04. The summed E-state index contributed by atoms with van der Waals surface area (Å²) < 4.78 is 5.13. The summed E-state index contributed by atoms with van der Waals surface area (Å²) in [5.41, 5.74) is 1.23. The van der Waals surface area contributed by atoms with E-state index >= 15 is 0 Å². The van der Waals surface area contributed by atoms with E-state index in [2.05, 4.69) is 24.4 Å². The molecule has 1 aromatic carbocycles. The molecule has 4 nitrogen and oxygen atoms in total. The summed E-state index contributed by atoms with van der Waals surface area (Å²) >= 11 is 0. The summed E-state index contributed by atoms with van der Waals surface area (Å²) in [6.07, 6.45) is 2.99. The Hall–Kier alpha value is -1.55. The second kappa shape index (κ2) is 8.53. The number of hydrogen-bond acceptors (Lipinski definition) is 3. The van der Waals surface area contributed by atoms with E-state index in [0.717, 1.165) is 31.6 Å². The van der Waals surface area contributed by atoms with Gasteiger partial charge in [0.05, 0.1) is 7.11 Å². The van der Waals surface area contributed by atoms with Crippen LogP contribution in [0.1, 0.15) is 44.2 Å². The van der Waals surface area contributed by atoms with Gasteiger partial charge < -0.3 is 15.2 Å². The second-order valence-corrected chi connectivity index (χ2v) is 4.65. The van der Waals surface area contributed by atoms with Gasteiger partial charge in [0, 0.05) is 12.5 Å². The number of ether oxygens (including phenoxy) is 1. The molecule has 0 aromatic heterocycles. The zero-order valence-corrected chi connectivity index (χ0v) is 11.7. The molecule has 0 saturated carbocycles. The van der Waals surface area contributed by atoms with Gasteiger partial charge in [0.2, 0.25) is 0 Å². The van der Waals surface area contributed by atoms with Crippen molar-refractivity contribution in [3.63, 3.8) is 0 Å². The van der Waals surface area contributed by atoms with Crippen molar-refractivity contribution in [1.82, 2.24) is 5.32 Å². The molecule has 4 heteroatoms. The van der Waals surface area contributed by atoms with E-state index in [4.69, 9.17) is 9.84 Å². The minimum absolute atomic E-state index is 0.272. The molecule has 0 amide bonds. The van der Waals surface area contributed by atoms with Crippen molar-refractivity contribution in [3.05, 3.63) is 29.8 Å².